The van der Waals surface area contributed by atoms with Crippen LogP contribution < -0.4 is 4.72 Å². The molecular formula is C14H16ClN3O2S. The molecule has 2 aromatic rings. The first-order chi connectivity index (χ1) is 9.98. The maximum absolute atomic E-state index is 11.9. The molecule has 0 atom stereocenters. The van der Waals surface area contributed by atoms with Crippen molar-refractivity contribution in [1.29, 1.82) is 0 Å². The minimum Gasteiger partial charge on any atom is -0.280 e. The van der Waals surface area contributed by atoms with Crippen molar-refractivity contribution in [3.63, 3.8) is 0 Å². The summed E-state index contributed by atoms with van der Waals surface area (Å²) in [6.45, 7) is 2.04. The van der Waals surface area contributed by atoms with E-state index in [-0.39, 0.29) is 0 Å². The number of aromatic amines is 1. The van der Waals surface area contributed by atoms with Gasteiger partial charge in [-0.05, 0) is 30.2 Å². The van der Waals surface area contributed by atoms with Crippen molar-refractivity contribution >= 4 is 33.5 Å². The molecule has 7 heteroatoms. The number of rotatable bonds is 6. The average Bonchev–Trinajstić information content (AvgIpc) is 2.85. The third-order valence-electron chi connectivity index (χ3n) is 2.71. The molecule has 21 heavy (non-hydrogen) atoms. The van der Waals surface area contributed by atoms with Crippen molar-refractivity contribution < 1.29 is 8.42 Å². The van der Waals surface area contributed by atoms with E-state index in [0.29, 0.717) is 10.8 Å². The maximum Gasteiger partial charge on any atom is 0.256 e. The molecule has 0 spiro atoms. The molecule has 0 saturated carbocycles. The van der Waals surface area contributed by atoms with Crippen LogP contribution in [0.25, 0.3) is 6.08 Å². The van der Waals surface area contributed by atoms with Crippen molar-refractivity contribution in [3.05, 3.63) is 52.0 Å². The zero-order valence-electron chi connectivity index (χ0n) is 11.5. The van der Waals surface area contributed by atoms with E-state index in [1.165, 1.54) is 6.08 Å². The molecule has 0 unspecified atom stereocenters. The van der Waals surface area contributed by atoms with Crippen LogP contribution in [0.4, 0.5) is 5.82 Å². The number of nitrogens with one attached hydrogen (secondary N) is 2. The van der Waals surface area contributed by atoms with E-state index in [1.54, 1.807) is 30.3 Å². The second-order valence-corrected chi connectivity index (χ2v) is 6.53. The fourth-order valence-corrected chi connectivity index (χ4v) is 2.66. The average molecular weight is 326 g/mol. The minimum atomic E-state index is -3.59. The summed E-state index contributed by atoms with van der Waals surface area (Å²) in [7, 11) is -3.59. The summed E-state index contributed by atoms with van der Waals surface area (Å²) in [6.07, 6.45) is 3.29. The standard InChI is InChI=1S/C14H16ClN3O2S/c1-2-3-13-10-14(17-16-13)18-21(19,20)9-8-11-4-6-12(15)7-5-11/h4-10H,2-3H2,1H3,(H2,16,17,18)/b9-8+. The summed E-state index contributed by atoms with van der Waals surface area (Å²) >= 11 is 5.77. The van der Waals surface area contributed by atoms with Gasteiger partial charge in [0.05, 0.1) is 5.41 Å². The lowest BCUT2D eigenvalue weighted by atomic mass is 10.2. The van der Waals surface area contributed by atoms with Crippen LogP contribution in [0.1, 0.15) is 24.6 Å². The number of halogens is 1. The van der Waals surface area contributed by atoms with Gasteiger partial charge in [0.1, 0.15) is 0 Å². The summed E-state index contributed by atoms with van der Waals surface area (Å²) in [5.74, 6) is 0.291. The predicted molar refractivity (Wildman–Crippen MR) is 85.6 cm³/mol. The highest BCUT2D eigenvalue weighted by Crippen LogP contribution is 2.13. The highest BCUT2D eigenvalue weighted by atomic mass is 35.5. The molecule has 0 aliphatic carbocycles. The fraction of sp³-hybridized carbons (Fsp3) is 0.214. The summed E-state index contributed by atoms with van der Waals surface area (Å²) in [5.41, 5.74) is 1.65. The highest BCUT2D eigenvalue weighted by molar-refractivity contribution is 7.95. The van der Waals surface area contributed by atoms with E-state index in [1.807, 2.05) is 6.92 Å². The number of hydrogen-bond acceptors (Lipinski definition) is 3. The highest BCUT2D eigenvalue weighted by Gasteiger charge is 2.08. The molecule has 0 saturated heterocycles. The number of anilines is 1. The number of aromatic nitrogens is 2. The largest absolute Gasteiger partial charge is 0.280 e. The molecule has 1 aromatic carbocycles. The van der Waals surface area contributed by atoms with Crippen LogP contribution in [-0.2, 0) is 16.4 Å². The van der Waals surface area contributed by atoms with Gasteiger partial charge in [0, 0.05) is 16.8 Å². The van der Waals surface area contributed by atoms with E-state index in [0.717, 1.165) is 29.5 Å². The molecule has 1 heterocycles. The smallest absolute Gasteiger partial charge is 0.256 e. The van der Waals surface area contributed by atoms with E-state index in [4.69, 9.17) is 11.6 Å². The number of hydrogen-bond donors (Lipinski definition) is 2. The Kier molecular flexibility index (Phi) is 5.03. The normalized spacial score (nSPS) is 11.9. The van der Waals surface area contributed by atoms with Gasteiger partial charge in [-0.1, -0.05) is 37.1 Å². The van der Waals surface area contributed by atoms with Crippen molar-refractivity contribution in [2.75, 3.05) is 4.72 Å². The van der Waals surface area contributed by atoms with E-state index in [2.05, 4.69) is 14.9 Å². The quantitative estimate of drug-likeness (QED) is 0.854. The predicted octanol–water partition coefficient (Wildman–Crippen LogP) is 3.43. The Morgan fingerprint density at radius 1 is 1.33 bits per heavy atom. The van der Waals surface area contributed by atoms with Crippen LogP contribution in [0.3, 0.4) is 0 Å². The van der Waals surface area contributed by atoms with Gasteiger partial charge in [-0.15, -0.1) is 0 Å². The lowest BCUT2D eigenvalue weighted by Gasteiger charge is -1.99. The fourth-order valence-electron chi connectivity index (χ4n) is 1.73. The Morgan fingerprint density at radius 2 is 2.05 bits per heavy atom. The summed E-state index contributed by atoms with van der Waals surface area (Å²) in [5, 5.41) is 8.42. The molecule has 2 rings (SSSR count). The maximum atomic E-state index is 11.9. The van der Waals surface area contributed by atoms with Gasteiger partial charge in [0.15, 0.2) is 5.82 Å². The summed E-state index contributed by atoms with van der Waals surface area (Å²) in [4.78, 5) is 0. The molecule has 112 valence electrons. The Hall–Kier alpha value is -1.79. The monoisotopic (exact) mass is 325 g/mol. The van der Waals surface area contributed by atoms with Gasteiger partial charge < -0.3 is 0 Å². The lowest BCUT2D eigenvalue weighted by Crippen LogP contribution is -2.09. The lowest BCUT2D eigenvalue weighted by molar-refractivity contribution is 0.609. The molecule has 0 fully saturated rings. The third kappa shape index (κ3) is 4.91. The minimum absolute atomic E-state index is 0.291. The van der Waals surface area contributed by atoms with Gasteiger partial charge in [-0.2, -0.15) is 5.10 Å². The van der Waals surface area contributed by atoms with Crippen LogP contribution in [0.2, 0.25) is 5.02 Å². The van der Waals surface area contributed by atoms with Gasteiger partial charge >= 0.3 is 0 Å². The second-order valence-electron chi connectivity index (χ2n) is 4.53. The Balaban J connectivity index is 2.05. The van der Waals surface area contributed by atoms with E-state index < -0.39 is 10.0 Å². The number of nitrogens with zero attached hydrogens (tertiary/aromatic N) is 1. The topological polar surface area (TPSA) is 74.8 Å². The van der Waals surface area contributed by atoms with Crippen LogP contribution in [0, 0.1) is 0 Å². The van der Waals surface area contributed by atoms with Crippen LogP contribution in [-0.4, -0.2) is 18.6 Å². The molecule has 0 aliphatic rings. The molecule has 0 radical (unpaired) electrons. The Labute approximate surface area is 129 Å². The molecule has 1 aromatic heterocycles. The number of aryl methyl sites for hydroxylation is 1. The van der Waals surface area contributed by atoms with E-state index in [9.17, 15) is 8.42 Å². The number of H-pyrrole nitrogens is 1. The Morgan fingerprint density at radius 3 is 2.71 bits per heavy atom. The molecule has 5 nitrogen and oxygen atoms in total. The zero-order valence-corrected chi connectivity index (χ0v) is 13.1. The molecule has 2 N–H and O–H groups in total. The molecule has 0 aliphatic heterocycles. The van der Waals surface area contributed by atoms with Crippen molar-refractivity contribution in [2.24, 2.45) is 0 Å². The van der Waals surface area contributed by atoms with Gasteiger partial charge in [-0.25, -0.2) is 8.42 Å². The van der Waals surface area contributed by atoms with Crippen molar-refractivity contribution in [3.8, 4) is 0 Å². The second kappa shape index (κ2) is 6.78. The van der Waals surface area contributed by atoms with Crippen molar-refractivity contribution in [2.45, 2.75) is 19.8 Å². The van der Waals surface area contributed by atoms with Crippen LogP contribution in [0.15, 0.2) is 35.7 Å². The third-order valence-corrected chi connectivity index (χ3v) is 3.95. The number of sulfonamides is 1. The number of benzene rings is 1. The Bertz CT molecular complexity index is 721. The zero-order chi connectivity index (χ0) is 15.3. The first kappa shape index (κ1) is 15.6. The van der Waals surface area contributed by atoms with Gasteiger partial charge in [-0.3, -0.25) is 9.82 Å². The molecule has 0 amide bonds. The van der Waals surface area contributed by atoms with Crippen LogP contribution >= 0.6 is 11.6 Å². The molecule has 0 bridgehead atoms. The SMILES string of the molecule is CCCc1cc(NS(=O)(=O)/C=C/c2ccc(Cl)cc2)n[nH]1. The van der Waals surface area contributed by atoms with E-state index >= 15 is 0 Å². The summed E-state index contributed by atoms with van der Waals surface area (Å²) < 4.78 is 26.3. The first-order valence-electron chi connectivity index (χ1n) is 6.49. The summed E-state index contributed by atoms with van der Waals surface area (Å²) in [6, 6.07) is 8.57. The first-order valence-corrected chi connectivity index (χ1v) is 8.42. The molecular weight excluding hydrogens is 310 g/mol. The van der Waals surface area contributed by atoms with Gasteiger partial charge in [0.25, 0.3) is 10.0 Å². The van der Waals surface area contributed by atoms with Crippen molar-refractivity contribution in [1.82, 2.24) is 10.2 Å². The van der Waals surface area contributed by atoms with Crippen LogP contribution in [0.5, 0.6) is 0 Å². The van der Waals surface area contributed by atoms with Gasteiger partial charge in [0.2, 0.25) is 0 Å².